The summed E-state index contributed by atoms with van der Waals surface area (Å²) < 4.78 is 5.98. The Morgan fingerprint density at radius 3 is 2.94 bits per heavy atom. The van der Waals surface area contributed by atoms with Crippen molar-refractivity contribution >= 4 is 5.84 Å². The lowest BCUT2D eigenvalue weighted by Crippen LogP contribution is -2.29. The van der Waals surface area contributed by atoms with Crippen LogP contribution in [0.2, 0.25) is 0 Å². The second-order valence-electron chi connectivity index (χ2n) is 4.70. The van der Waals surface area contributed by atoms with Gasteiger partial charge in [0, 0.05) is 6.20 Å². The Bertz CT molecular complexity index is 405. The zero-order chi connectivity index (χ0) is 12.3. The number of hydrogen-bond donors (Lipinski definition) is 2. The molecule has 4 nitrogen and oxygen atoms in total. The van der Waals surface area contributed by atoms with Gasteiger partial charge >= 0.3 is 0 Å². The van der Waals surface area contributed by atoms with Crippen molar-refractivity contribution in [2.24, 2.45) is 11.7 Å². The normalized spacial score (nSPS) is 24.3. The van der Waals surface area contributed by atoms with Crippen LogP contribution in [0.15, 0.2) is 18.5 Å². The lowest BCUT2D eigenvalue weighted by atomic mass is 9.88. The average Bonchev–Trinajstić information content (AvgIpc) is 2.32. The number of amidine groups is 1. The van der Waals surface area contributed by atoms with E-state index in [9.17, 15) is 0 Å². The van der Waals surface area contributed by atoms with Gasteiger partial charge in [0.05, 0.1) is 11.8 Å². The van der Waals surface area contributed by atoms with Crippen molar-refractivity contribution in [3.63, 3.8) is 0 Å². The largest absolute Gasteiger partial charge is 0.488 e. The van der Waals surface area contributed by atoms with Crippen LogP contribution in [-0.2, 0) is 0 Å². The molecule has 92 valence electrons. The number of pyridine rings is 1. The van der Waals surface area contributed by atoms with Crippen LogP contribution < -0.4 is 10.5 Å². The highest BCUT2D eigenvalue weighted by molar-refractivity contribution is 5.97. The summed E-state index contributed by atoms with van der Waals surface area (Å²) >= 11 is 0. The molecule has 1 aliphatic rings. The Hall–Kier alpha value is -1.58. The number of hydrogen-bond acceptors (Lipinski definition) is 3. The summed E-state index contributed by atoms with van der Waals surface area (Å²) in [5.41, 5.74) is 6.17. The van der Waals surface area contributed by atoms with Crippen molar-refractivity contribution in [1.82, 2.24) is 4.98 Å². The molecule has 0 amide bonds. The quantitative estimate of drug-likeness (QED) is 0.621. The van der Waals surface area contributed by atoms with Crippen LogP contribution in [0, 0.1) is 11.3 Å². The van der Waals surface area contributed by atoms with E-state index < -0.39 is 0 Å². The first-order valence-electron chi connectivity index (χ1n) is 6.13. The second kappa shape index (κ2) is 5.17. The Morgan fingerprint density at radius 2 is 2.24 bits per heavy atom. The zero-order valence-corrected chi connectivity index (χ0v) is 10.1. The number of nitrogens with one attached hydrogen (secondary N) is 1. The van der Waals surface area contributed by atoms with Crippen LogP contribution >= 0.6 is 0 Å². The molecule has 0 bridgehead atoms. The fourth-order valence-corrected chi connectivity index (χ4v) is 2.32. The number of ether oxygens (including phenoxy) is 1. The Kier molecular flexibility index (Phi) is 3.61. The molecular formula is C13H19N3O. The predicted octanol–water partition coefficient (Wildman–Crippen LogP) is 2.32. The molecule has 1 aromatic heterocycles. The van der Waals surface area contributed by atoms with Crippen LogP contribution in [0.25, 0.3) is 0 Å². The van der Waals surface area contributed by atoms with Gasteiger partial charge in [-0.3, -0.25) is 10.4 Å². The molecule has 2 atom stereocenters. The van der Waals surface area contributed by atoms with Crippen LogP contribution in [0.5, 0.6) is 5.75 Å². The molecule has 0 aliphatic heterocycles. The van der Waals surface area contributed by atoms with Crippen molar-refractivity contribution in [2.45, 2.75) is 38.7 Å². The van der Waals surface area contributed by atoms with Crippen molar-refractivity contribution < 1.29 is 4.74 Å². The number of nitrogen functional groups attached to an aromatic ring is 1. The van der Waals surface area contributed by atoms with E-state index in [1.807, 2.05) is 0 Å². The fourth-order valence-electron chi connectivity index (χ4n) is 2.32. The van der Waals surface area contributed by atoms with E-state index in [1.54, 1.807) is 18.5 Å². The molecule has 1 heterocycles. The molecule has 1 aromatic rings. The van der Waals surface area contributed by atoms with E-state index in [-0.39, 0.29) is 11.9 Å². The Labute approximate surface area is 102 Å². The lowest BCUT2D eigenvalue weighted by molar-refractivity contribution is 0.102. The second-order valence-corrected chi connectivity index (χ2v) is 4.70. The zero-order valence-electron chi connectivity index (χ0n) is 10.1. The summed E-state index contributed by atoms with van der Waals surface area (Å²) in [7, 11) is 0. The summed E-state index contributed by atoms with van der Waals surface area (Å²) in [6.45, 7) is 2.22. The number of nitrogens with zero attached hydrogens (tertiary/aromatic N) is 1. The minimum absolute atomic E-state index is 0.0332. The molecule has 2 unspecified atom stereocenters. The summed E-state index contributed by atoms with van der Waals surface area (Å²) in [5, 5.41) is 7.51. The highest BCUT2D eigenvalue weighted by Gasteiger charge is 2.23. The molecule has 1 fully saturated rings. The topological polar surface area (TPSA) is 72.0 Å². The summed E-state index contributed by atoms with van der Waals surface area (Å²) in [4.78, 5) is 4.04. The van der Waals surface area contributed by atoms with Gasteiger partial charge in [-0.05, 0) is 31.2 Å². The average molecular weight is 233 g/mol. The summed E-state index contributed by atoms with van der Waals surface area (Å²) in [6, 6.07) is 1.73. The van der Waals surface area contributed by atoms with Gasteiger partial charge < -0.3 is 10.5 Å². The first-order chi connectivity index (χ1) is 8.18. The highest BCUT2D eigenvalue weighted by Crippen LogP contribution is 2.29. The van der Waals surface area contributed by atoms with Gasteiger partial charge in [-0.1, -0.05) is 13.3 Å². The van der Waals surface area contributed by atoms with Gasteiger partial charge in [0.2, 0.25) is 0 Å². The highest BCUT2D eigenvalue weighted by atomic mass is 16.5. The van der Waals surface area contributed by atoms with Crippen molar-refractivity contribution in [1.29, 1.82) is 5.41 Å². The van der Waals surface area contributed by atoms with E-state index in [2.05, 4.69) is 11.9 Å². The van der Waals surface area contributed by atoms with Gasteiger partial charge in [0.15, 0.2) is 0 Å². The summed E-state index contributed by atoms with van der Waals surface area (Å²) in [6.07, 6.45) is 8.30. The van der Waals surface area contributed by atoms with Gasteiger partial charge in [-0.15, -0.1) is 0 Å². The van der Waals surface area contributed by atoms with Crippen LogP contribution in [-0.4, -0.2) is 16.9 Å². The summed E-state index contributed by atoms with van der Waals surface area (Å²) in [5.74, 6) is 1.23. The van der Waals surface area contributed by atoms with Crippen LogP contribution in [0.4, 0.5) is 0 Å². The molecule has 1 saturated carbocycles. The third-order valence-electron chi connectivity index (χ3n) is 3.39. The van der Waals surface area contributed by atoms with Gasteiger partial charge in [-0.25, -0.2) is 0 Å². The fraction of sp³-hybridized carbons (Fsp3) is 0.538. The predicted molar refractivity (Wildman–Crippen MR) is 67.3 cm³/mol. The number of aromatic nitrogens is 1. The molecule has 0 spiro atoms. The van der Waals surface area contributed by atoms with E-state index in [0.717, 1.165) is 6.42 Å². The molecule has 17 heavy (non-hydrogen) atoms. The van der Waals surface area contributed by atoms with E-state index >= 15 is 0 Å². The molecule has 3 N–H and O–H groups in total. The number of nitrogens with two attached hydrogens (primary N) is 1. The maximum absolute atomic E-state index is 7.51. The minimum atomic E-state index is 0.0332. The van der Waals surface area contributed by atoms with E-state index in [0.29, 0.717) is 17.2 Å². The van der Waals surface area contributed by atoms with Crippen molar-refractivity contribution in [3.8, 4) is 5.75 Å². The monoisotopic (exact) mass is 233 g/mol. The van der Waals surface area contributed by atoms with Crippen molar-refractivity contribution in [2.75, 3.05) is 0 Å². The molecule has 0 aromatic carbocycles. The SMILES string of the molecule is CC1CCCCC1Oc1cnccc1C(=N)N. The van der Waals surface area contributed by atoms with Gasteiger partial charge in [0.1, 0.15) is 17.7 Å². The maximum Gasteiger partial charge on any atom is 0.148 e. The lowest BCUT2D eigenvalue weighted by Gasteiger charge is -2.29. The molecule has 1 aliphatic carbocycles. The molecule has 4 heteroatoms. The van der Waals surface area contributed by atoms with Gasteiger partial charge in [0.25, 0.3) is 0 Å². The standard InChI is InChI=1S/C13H19N3O/c1-9-4-2-3-5-11(9)17-12-8-16-7-6-10(12)13(14)15/h6-9,11H,2-5H2,1H3,(H3,14,15). The van der Waals surface area contributed by atoms with Crippen LogP contribution in [0.3, 0.4) is 0 Å². The molecular weight excluding hydrogens is 214 g/mol. The third-order valence-corrected chi connectivity index (χ3v) is 3.39. The Balaban J connectivity index is 2.14. The Morgan fingerprint density at radius 1 is 1.47 bits per heavy atom. The molecule has 0 radical (unpaired) electrons. The minimum Gasteiger partial charge on any atom is -0.488 e. The number of rotatable bonds is 3. The van der Waals surface area contributed by atoms with Crippen molar-refractivity contribution in [3.05, 3.63) is 24.0 Å². The smallest absolute Gasteiger partial charge is 0.148 e. The third kappa shape index (κ3) is 2.75. The molecule has 2 rings (SSSR count). The maximum atomic E-state index is 7.51. The molecule has 0 saturated heterocycles. The first kappa shape index (κ1) is 11.9. The van der Waals surface area contributed by atoms with Crippen LogP contribution in [0.1, 0.15) is 38.2 Å². The van der Waals surface area contributed by atoms with E-state index in [4.69, 9.17) is 15.9 Å². The van der Waals surface area contributed by atoms with Gasteiger partial charge in [-0.2, -0.15) is 0 Å². The first-order valence-corrected chi connectivity index (χ1v) is 6.13. The van der Waals surface area contributed by atoms with E-state index in [1.165, 1.54) is 19.3 Å².